The summed E-state index contributed by atoms with van der Waals surface area (Å²) in [7, 11) is 1.13. The normalized spacial score (nSPS) is 18.8. The maximum absolute atomic E-state index is 12.1. The van der Waals surface area contributed by atoms with Crippen LogP contribution in [0.5, 0.6) is 5.75 Å². The smallest absolute Gasteiger partial charge is 0.275 e. The van der Waals surface area contributed by atoms with Crippen LogP contribution in [-0.4, -0.2) is 45.4 Å². The topological polar surface area (TPSA) is 63.0 Å². The third-order valence-electron chi connectivity index (χ3n) is 4.60. The SMILES string of the molecule is COc1ccc([C@@H]2CCCN2Cc2ccc(S(=O)(=O)N(C)C)o2)cc1. The molecule has 1 atom stereocenters. The summed E-state index contributed by atoms with van der Waals surface area (Å²) in [6.45, 7) is 1.56. The van der Waals surface area contributed by atoms with E-state index in [1.807, 2.05) is 12.1 Å². The van der Waals surface area contributed by atoms with Gasteiger partial charge in [-0.2, -0.15) is 0 Å². The highest BCUT2D eigenvalue weighted by molar-refractivity contribution is 7.88. The van der Waals surface area contributed by atoms with E-state index in [-0.39, 0.29) is 5.09 Å². The predicted molar refractivity (Wildman–Crippen MR) is 95.0 cm³/mol. The number of nitrogens with zero attached hydrogens (tertiary/aromatic N) is 2. The molecule has 1 aromatic heterocycles. The van der Waals surface area contributed by atoms with Crippen LogP contribution in [-0.2, 0) is 16.6 Å². The minimum atomic E-state index is -3.53. The molecule has 2 heterocycles. The van der Waals surface area contributed by atoms with E-state index in [0.29, 0.717) is 18.3 Å². The summed E-state index contributed by atoms with van der Waals surface area (Å²) in [5, 5.41) is -0.00676. The van der Waals surface area contributed by atoms with Gasteiger partial charge in [0.2, 0.25) is 5.09 Å². The van der Waals surface area contributed by atoms with Gasteiger partial charge in [0.05, 0.1) is 13.7 Å². The molecule has 1 aliphatic rings. The van der Waals surface area contributed by atoms with Crippen molar-refractivity contribution < 1.29 is 17.6 Å². The van der Waals surface area contributed by atoms with E-state index in [0.717, 1.165) is 29.4 Å². The molecule has 0 aliphatic carbocycles. The molecule has 0 unspecified atom stereocenters. The average Bonchev–Trinajstić information content (AvgIpc) is 3.25. The first kappa shape index (κ1) is 18.0. The first-order valence-corrected chi connectivity index (χ1v) is 9.75. The van der Waals surface area contributed by atoms with Crippen molar-refractivity contribution in [2.24, 2.45) is 0 Å². The second-order valence-corrected chi connectivity index (χ2v) is 8.49. The van der Waals surface area contributed by atoms with Crippen molar-refractivity contribution in [2.75, 3.05) is 27.7 Å². The third-order valence-corrected chi connectivity index (χ3v) is 6.28. The molecule has 6 nitrogen and oxygen atoms in total. The van der Waals surface area contributed by atoms with Gasteiger partial charge in [-0.3, -0.25) is 4.90 Å². The van der Waals surface area contributed by atoms with Gasteiger partial charge in [0, 0.05) is 20.1 Å². The lowest BCUT2D eigenvalue weighted by atomic mass is 10.0. The molecule has 0 amide bonds. The van der Waals surface area contributed by atoms with Gasteiger partial charge < -0.3 is 9.15 Å². The molecular formula is C18H24N2O4S. The van der Waals surface area contributed by atoms with Crippen molar-refractivity contribution in [2.45, 2.75) is 30.5 Å². The lowest BCUT2D eigenvalue weighted by Crippen LogP contribution is -2.23. The Labute approximate surface area is 149 Å². The van der Waals surface area contributed by atoms with E-state index < -0.39 is 10.0 Å². The Morgan fingerprint density at radius 3 is 2.56 bits per heavy atom. The fourth-order valence-electron chi connectivity index (χ4n) is 3.18. The van der Waals surface area contributed by atoms with Crippen molar-refractivity contribution in [3.63, 3.8) is 0 Å². The van der Waals surface area contributed by atoms with Gasteiger partial charge in [0.15, 0.2) is 0 Å². The number of hydrogen-bond donors (Lipinski definition) is 0. The zero-order chi connectivity index (χ0) is 18.0. The third kappa shape index (κ3) is 3.73. The van der Waals surface area contributed by atoms with E-state index in [2.05, 4.69) is 17.0 Å². The molecule has 1 aromatic carbocycles. The molecule has 0 radical (unpaired) electrons. The minimum absolute atomic E-state index is 0.00676. The number of benzene rings is 1. The monoisotopic (exact) mass is 364 g/mol. The van der Waals surface area contributed by atoms with E-state index >= 15 is 0 Å². The van der Waals surface area contributed by atoms with E-state index in [1.54, 1.807) is 13.2 Å². The Kier molecular flexibility index (Phi) is 5.17. The summed E-state index contributed by atoms with van der Waals surface area (Å²) < 4.78 is 36.2. The van der Waals surface area contributed by atoms with Crippen LogP contribution in [0.2, 0.25) is 0 Å². The highest BCUT2D eigenvalue weighted by Gasteiger charge is 2.28. The lowest BCUT2D eigenvalue weighted by molar-refractivity contribution is 0.221. The van der Waals surface area contributed by atoms with Crippen LogP contribution in [0.15, 0.2) is 45.9 Å². The van der Waals surface area contributed by atoms with Crippen LogP contribution in [0.3, 0.4) is 0 Å². The van der Waals surface area contributed by atoms with Gasteiger partial charge in [-0.15, -0.1) is 0 Å². The largest absolute Gasteiger partial charge is 0.497 e. The fraction of sp³-hybridized carbons (Fsp3) is 0.444. The summed E-state index contributed by atoms with van der Waals surface area (Å²) in [4.78, 5) is 2.33. The Bertz CT molecular complexity index is 812. The van der Waals surface area contributed by atoms with E-state index in [9.17, 15) is 8.42 Å². The summed E-state index contributed by atoms with van der Waals surface area (Å²) >= 11 is 0. The van der Waals surface area contributed by atoms with Crippen LogP contribution >= 0.6 is 0 Å². The number of ether oxygens (including phenoxy) is 1. The first-order valence-electron chi connectivity index (χ1n) is 8.31. The molecule has 0 bridgehead atoms. The maximum Gasteiger partial charge on any atom is 0.275 e. The highest BCUT2D eigenvalue weighted by atomic mass is 32.2. The van der Waals surface area contributed by atoms with Gasteiger partial charge in [-0.05, 0) is 49.2 Å². The summed E-state index contributed by atoms with van der Waals surface area (Å²) in [5.74, 6) is 1.51. The number of sulfonamides is 1. The molecule has 7 heteroatoms. The predicted octanol–water partition coefficient (Wildman–Crippen LogP) is 2.88. The van der Waals surface area contributed by atoms with Crippen molar-refractivity contribution in [3.8, 4) is 5.75 Å². The van der Waals surface area contributed by atoms with Crippen molar-refractivity contribution in [3.05, 3.63) is 47.7 Å². The van der Waals surface area contributed by atoms with Crippen LogP contribution < -0.4 is 4.74 Å². The number of rotatable bonds is 6. The fourth-order valence-corrected chi connectivity index (χ4v) is 3.99. The molecule has 136 valence electrons. The van der Waals surface area contributed by atoms with Gasteiger partial charge >= 0.3 is 0 Å². The van der Waals surface area contributed by atoms with Crippen LogP contribution in [0.1, 0.15) is 30.2 Å². The van der Waals surface area contributed by atoms with E-state index in [1.165, 1.54) is 25.7 Å². The van der Waals surface area contributed by atoms with Gasteiger partial charge in [-0.1, -0.05) is 12.1 Å². The minimum Gasteiger partial charge on any atom is -0.497 e. The summed E-state index contributed by atoms with van der Waals surface area (Å²) in [6.07, 6.45) is 2.19. The molecule has 1 fully saturated rings. The van der Waals surface area contributed by atoms with Crippen LogP contribution in [0.4, 0.5) is 0 Å². The lowest BCUT2D eigenvalue weighted by Gasteiger charge is -2.24. The molecule has 3 rings (SSSR count). The number of likely N-dealkylation sites (tertiary alicyclic amines) is 1. The zero-order valence-corrected chi connectivity index (χ0v) is 15.6. The summed E-state index contributed by atoms with van der Waals surface area (Å²) in [6, 6.07) is 11.7. The number of hydrogen-bond acceptors (Lipinski definition) is 5. The van der Waals surface area contributed by atoms with Crippen molar-refractivity contribution >= 4 is 10.0 Å². The zero-order valence-electron chi connectivity index (χ0n) is 14.8. The van der Waals surface area contributed by atoms with E-state index in [4.69, 9.17) is 9.15 Å². The maximum atomic E-state index is 12.1. The standard InChI is InChI=1S/C18H24N2O4S/c1-19(2)25(21,22)18-11-10-16(24-18)13-20-12-4-5-17(20)14-6-8-15(23-3)9-7-14/h6-11,17H,4-5,12-13H2,1-3H3/t17-/m0/s1. The second kappa shape index (κ2) is 7.19. The molecule has 0 N–H and O–H groups in total. The van der Waals surface area contributed by atoms with Gasteiger partial charge in [0.25, 0.3) is 10.0 Å². The molecule has 2 aromatic rings. The molecule has 0 saturated carbocycles. The molecule has 1 saturated heterocycles. The molecule has 25 heavy (non-hydrogen) atoms. The quantitative estimate of drug-likeness (QED) is 0.789. The Morgan fingerprint density at radius 2 is 1.92 bits per heavy atom. The highest BCUT2D eigenvalue weighted by Crippen LogP contribution is 2.34. The van der Waals surface area contributed by atoms with Crippen LogP contribution in [0.25, 0.3) is 0 Å². The average molecular weight is 364 g/mol. The summed E-state index contributed by atoms with van der Waals surface area (Å²) in [5.41, 5.74) is 1.24. The molecular weight excluding hydrogens is 340 g/mol. The van der Waals surface area contributed by atoms with Crippen LogP contribution in [0, 0.1) is 0 Å². The van der Waals surface area contributed by atoms with Crippen molar-refractivity contribution in [1.82, 2.24) is 9.21 Å². The number of methoxy groups -OCH3 is 1. The number of furan rings is 1. The van der Waals surface area contributed by atoms with Crippen molar-refractivity contribution in [1.29, 1.82) is 0 Å². The molecule has 1 aliphatic heterocycles. The molecule has 0 spiro atoms. The van der Waals surface area contributed by atoms with Gasteiger partial charge in [0.1, 0.15) is 11.5 Å². The second-order valence-electron chi connectivity index (χ2n) is 6.41. The van der Waals surface area contributed by atoms with Gasteiger partial charge in [-0.25, -0.2) is 12.7 Å². The Morgan fingerprint density at radius 1 is 1.20 bits per heavy atom. The Hall–Kier alpha value is -1.83. The first-order chi connectivity index (χ1) is 11.9. The Balaban J connectivity index is 1.74.